The summed E-state index contributed by atoms with van der Waals surface area (Å²) in [6.07, 6.45) is 9.89. The van der Waals surface area contributed by atoms with Crippen LogP contribution in [0.3, 0.4) is 0 Å². The van der Waals surface area contributed by atoms with Gasteiger partial charge in [-0.1, -0.05) is 19.3 Å². The molecule has 2 N–H and O–H groups in total. The van der Waals surface area contributed by atoms with E-state index >= 15 is 0 Å². The minimum Gasteiger partial charge on any atom is -0.383 e. The second-order valence-corrected chi connectivity index (χ2v) is 3.70. The molecule has 0 bridgehead atoms. The van der Waals surface area contributed by atoms with Gasteiger partial charge in [0, 0.05) is 11.8 Å². The summed E-state index contributed by atoms with van der Waals surface area (Å²) in [6.45, 7) is 0. The van der Waals surface area contributed by atoms with Crippen molar-refractivity contribution < 1.29 is 0 Å². The third-order valence-electron chi connectivity index (χ3n) is 2.82. The molecule has 3 nitrogen and oxygen atoms in total. The molecule has 0 aliphatic heterocycles. The molecule has 1 heterocycles. The average Bonchev–Trinajstić information content (AvgIpc) is 2.20. The Labute approximate surface area is 78.4 Å². The molecule has 1 aromatic heterocycles. The summed E-state index contributed by atoms with van der Waals surface area (Å²) in [5.74, 6) is 1.27. The Morgan fingerprint density at radius 1 is 1.23 bits per heavy atom. The van der Waals surface area contributed by atoms with E-state index in [9.17, 15) is 0 Å². The van der Waals surface area contributed by atoms with E-state index in [2.05, 4.69) is 9.97 Å². The molecule has 0 unspecified atom stereocenters. The van der Waals surface area contributed by atoms with Gasteiger partial charge in [-0.25, -0.2) is 9.97 Å². The summed E-state index contributed by atoms with van der Waals surface area (Å²) >= 11 is 0. The summed E-state index contributed by atoms with van der Waals surface area (Å²) in [5, 5.41) is 0. The molecule has 0 radical (unpaired) electrons. The number of nitrogens with zero attached hydrogens (tertiary/aromatic N) is 2. The molecule has 1 aromatic rings. The zero-order valence-electron chi connectivity index (χ0n) is 7.74. The SMILES string of the molecule is Nc1ncncc1C1CCCCC1. The lowest BCUT2D eigenvalue weighted by molar-refractivity contribution is 0.443. The first-order valence-electron chi connectivity index (χ1n) is 4.93. The lowest BCUT2D eigenvalue weighted by atomic mass is 9.85. The number of anilines is 1. The molecule has 0 spiro atoms. The highest BCUT2D eigenvalue weighted by Crippen LogP contribution is 2.33. The summed E-state index contributed by atoms with van der Waals surface area (Å²) < 4.78 is 0. The van der Waals surface area contributed by atoms with Crippen LogP contribution in [0.5, 0.6) is 0 Å². The van der Waals surface area contributed by atoms with Crippen LogP contribution in [0.25, 0.3) is 0 Å². The third kappa shape index (κ3) is 1.79. The molecule has 1 fully saturated rings. The third-order valence-corrected chi connectivity index (χ3v) is 2.82. The molecule has 0 amide bonds. The quantitative estimate of drug-likeness (QED) is 0.714. The van der Waals surface area contributed by atoms with Crippen LogP contribution < -0.4 is 5.73 Å². The maximum Gasteiger partial charge on any atom is 0.130 e. The second-order valence-electron chi connectivity index (χ2n) is 3.70. The Hall–Kier alpha value is -1.12. The van der Waals surface area contributed by atoms with E-state index in [4.69, 9.17) is 5.73 Å². The molecule has 0 atom stereocenters. The van der Waals surface area contributed by atoms with Crippen molar-refractivity contribution in [3.63, 3.8) is 0 Å². The van der Waals surface area contributed by atoms with Crippen molar-refractivity contribution in [2.24, 2.45) is 0 Å². The summed E-state index contributed by atoms with van der Waals surface area (Å²) in [6, 6.07) is 0. The van der Waals surface area contributed by atoms with Crippen molar-refractivity contribution in [2.45, 2.75) is 38.0 Å². The lowest BCUT2D eigenvalue weighted by Gasteiger charge is -2.21. The van der Waals surface area contributed by atoms with E-state index in [-0.39, 0.29) is 0 Å². The molecular weight excluding hydrogens is 162 g/mol. The van der Waals surface area contributed by atoms with E-state index in [1.54, 1.807) is 0 Å². The first kappa shape index (κ1) is 8.48. The van der Waals surface area contributed by atoms with Crippen molar-refractivity contribution in [1.82, 2.24) is 9.97 Å². The largest absolute Gasteiger partial charge is 0.383 e. The Morgan fingerprint density at radius 2 is 2.00 bits per heavy atom. The molecule has 0 saturated heterocycles. The Morgan fingerprint density at radius 3 is 2.69 bits per heavy atom. The fourth-order valence-electron chi connectivity index (χ4n) is 2.08. The van der Waals surface area contributed by atoms with Gasteiger partial charge < -0.3 is 5.73 Å². The van der Waals surface area contributed by atoms with Gasteiger partial charge in [-0.3, -0.25) is 0 Å². The first-order chi connectivity index (χ1) is 6.38. The molecule has 13 heavy (non-hydrogen) atoms. The van der Waals surface area contributed by atoms with Crippen LogP contribution in [0.1, 0.15) is 43.6 Å². The van der Waals surface area contributed by atoms with Crippen LogP contribution in [0.4, 0.5) is 5.82 Å². The molecule has 2 rings (SSSR count). The normalized spacial score (nSPS) is 18.8. The van der Waals surface area contributed by atoms with Gasteiger partial charge in [-0.15, -0.1) is 0 Å². The van der Waals surface area contributed by atoms with Gasteiger partial charge in [-0.2, -0.15) is 0 Å². The molecule has 70 valence electrons. The number of hydrogen-bond donors (Lipinski definition) is 1. The van der Waals surface area contributed by atoms with Gasteiger partial charge in [0.15, 0.2) is 0 Å². The van der Waals surface area contributed by atoms with Crippen molar-refractivity contribution in [1.29, 1.82) is 0 Å². The first-order valence-corrected chi connectivity index (χ1v) is 4.93. The molecule has 1 saturated carbocycles. The molecule has 0 aromatic carbocycles. The smallest absolute Gasteiger partial charge is 0.130 e. The fraction of sp³-hybridized carbons (Fsp3) is 0.600. The van der Waals surface area contributed by atoms with E-state index in [1.165, 1.54) is 38.4 Å². The maximum atomic E-state index is 5.80. The Balaban J connectivity index is 2.18. The number of hydrogen-bond acceptors (Lipinski definition) is 3. The monoisotopic (exact) mass is 177 g/mol. The summed E-state index contributed by atoms with van der Waals surface area (Å²) in [4.78, 5) is 8.05. The predicted molar refractivity (Wildman–Crippen MR) is 52.3 cm³/mol. The highest BCUT2D eigenvalue weighted by atomic mass is 14.9. The van der Waals surface area contributed by atoms with Crippen LogP contribution >= 0.6 is 0 Å². The van der Waals surface area contributed by atoms with Crippen molar-refractivity contribution in [3.8, 4) is 0 Å². The number of nitrogens with two attached hydrogens (primary N) is 1. The van der Waals surface area contributed by atoms with Crippen LogP contribution in [0.2, 0.25) is 0 Å². The van der Waals surface area contributed by atoms with Gasteiger partial charge in [0.05, 0.1) is 0 Å². The van der Waals surface area contributed by atoms with Gasteiger partial charge in [0.1, 0.15) is 12.1 Å². The standard InChI is InChI=1S/C10H15N3/c11-10-9(6-12-7-13-10)8-4-2-1-3-5-8/h6-8H,1-5H2,(H2,11,12,13). The molecular formula is C10H15N3. The van der Waals surface area contributed by atoms with Crippen molar-refractivity contribution >= 4 is 5.82 Å². The summed E-state index contributed by atoms with van der Waals surface area (Å²) in [5.41, 5.74) is 6.96. The molecule has 1 aliphatic carbocycles. The minimum atomic E-state index is 0.606. The fourth-order valence-corrected chi connectivity index (χ4v) is 2.08. The zero-order chi connectivity index (χ0) is 9.10. The zero-order valence-corrected chi connectivity index (χ0v) is 7.74. The summed E-state index contributed by atoms with van der Waals surface area (Å²) in [7, 11) is 0. The van der Waals surface area contributed by atoms with Crippen molar-refractivity contribution in [3.05, 3.63) is 18.1 Å². The Bertz CT molecular complexity index is 279. The van der Waals surface area contributed by atoms with Crippen molar-refractivity contribution in [2.75, 3.05) is 5.73 Å². The van der Waals surface area contributed by atoms with E-state index in [1.807, 2.05) is 6.20 Å². The lowest BCUT2D eigenvalue weighted by Crippen LogP contribution is -2.08. The van der Waals surface area contributed by atoms with Crippen LogP contribution in [0, 0.1) is 0 Å². The van der Waals surface area contributed by atoms with Gasteiger partial charge >= 0.3 is 0 Å². The number of nitrogen functional groups attached to an aromatic ring is 1. The highest BCUT2D eigenvalue weighted by Gasteiger charge is 2.17. The average molecular weight is 177 g/mol. The van der Waals surface area contributed by atoms with Gasteiger partial charge in [0.2, 0.25) is 0 Å². The van der Waals surface area contributed by atoms with Crippen LogP contribution in [-0.4, -0.2) is 9.97 Å². The maximum absolute atomic E-state index is 5.80. The molecule has 1 aliphatic rings. The number of aromatic nitrogens is 2. The van der Waals surface area contributed by atoms with E-state index < -0.39 is 0 Å². The minimum absolute atomic E-state index is 0.606. The van der Waals surface area contributed by atoms with E-state index in [0.717, 1.165) is 5.56 Å². The van der Waals surface area contributed by atoms with Crippen LogP contribution in [-0.2, 0) is 0 Å². The Kier molecular flexibility index (Phi) is 2.43. The van der Waals surface area contributed by atoms with Crippen LogP contribution in [0.15, 0.2) is 12.5 Å². The topological polar surface area (TPSA) is 51.8 Å². The highest BCUT2D eigenvalue weighted by molar-refractivity contribution is 5.39. The number of rotatable bonds is 1. The van der Waals surface area contributed by atoms with E-state index in [0.29, 0.717) is 11.7 Å². The molecule has 3 heteroatoms. The van der Waals surface area contributed by atoms with Gasteiger partial charge in [0.25, 0.3) is 0 Å². The second kappa shape index (κ2) is 3.73. The predicted octanol–water partition coefficient (Wildman–Crippen LogP) is 2.11. The van der Waals surface area contributed by atoms with Gasteiger partial charge in [-0.05, 0) is 18.8 Å².